The van der Waals surface area contributed by atoms with Crippen molar-refractivity contribution in [3.05, 3.63) is 17.8 Å². The smallest absolute Gasteiger partial charge is 0.239 e. The first kappa shape index (κ1) is 10.7. The standard InChI is InChI=1S/C11H16N4O/c1-8-5-9(12)11(14-6-8)15-4-2-3-13-10(16)7-15/h5-6H,2-4,7,12H2,1H3,(H,13,16). The molecule has 86 valence electrons. The summed E-state index contributed by atoms with van der Waals surface area (Å²) >= 11 is 0. The predicted molar refractivity (Wildman–Crippen MR) is 63.2 cm³/mol. The van der Waals surface area contributed by atoms with Gasteiger partial charge in [0.2, 0.25) is 5.91 Å². The van der Waals surface area contributed by atoms with Gasteiger partial charge in [0.25, 0.3) is 0 Å². The molecule has 1 aliphatic rings. The molecule has 0 saturated carbocycles. The van der Waals surface area contributed by atoms with E-state index in [1.165, 1.54) is 0 Å². The van der Waals surface area contributed by atoms with Crippen molar-refractivity contribution in [3.63, 3.8) is 0 Å². The van der Waals surface area contributed by atoms with Crippen LogP contribution in [0, 0.1) is 6.92 Å². The molecule has 2 heterocycles. The Bertz CT molecular complexity index is 405. The van der Waals surface area contributed by atoms with E-state index in [4.69, 9.17) is 5.73 Å². The van der Waals surface area contributed by atoms with Gasteiger partial charge in [0.05, 0.1) is 12.2 Å². The summed E-state index contributed by atoms with van der Waals surface area (Å²) in [4.78, 5) is 17.6. The van der Waals surface area contributed by atoms with Gasteiger partial charge in [0.1, 0.15) is 0 Å². The number of nitrogen functional groups attached to an aromatic ring is 1. The molecule has 0 atom stereocenters. The van der Waals surface area contributed by atoms with Crippen molar-refractivity contribution in [2.75, 3.05) is 30.3 Å². The number of hydrogen-bond acceptors (Lipinski definition) is 4. The Morgan fingerprint density at radius 3 is 3.12 bits per heavy atom. The molecule has 1 saturated heterocycles. The molecule has 0 radical (unpaired) electrons. The lowest BCUT2D eigenvalue weighted by molar-refractivity contribution is -0.119. The maximum absolute atomic E-state index is 11.4. The SMILES string of the molecule is Cc1cnc(N2CCCNC(=O)C2)c(N)c1. The first-order chi connectivity index (χ1) is 7.66. The lowest BCUT2D eigenvalue weighted by Gasteiger charge is -2.21. The van der Waals surface area contributed by atoms with Crippen LogP contribution in [0.25, 0.3) is 0 Å². The molecule has 1 fully saturated rings. The van der Waals surface area contributed by atoms with Crippen molar-refractivity contribution in [1.29, 1.82) is 0 Å². The Morgan fingerprint density at radius 2 is 2.38 bits per heavy atom. The second-order valence-electron chi connectivity index (χ2n) is 4.05. The quantitative estimate of drug-likeness (QED) is 0.714. The number of nitrogens with two attached hydrogens (primary N) is 1. The summed E-state index contributed by atoms with van der Waals surface area (Å²) in [7, 11) is 0. The van der Waals surface area contributed by atoms with Crippen molar-refractivity contribution < 1.29 is 4.79 Å². The average molecular weight is 220 g/mol. The zero-order valence-electron chi connectivity index (χ0n) is 9.36. The van der Waals surface area contributed by atoms with Gasteiger partial charge in [-0.15, -0.1) is 0 Å². The molecule has 3 N–H and O–H groups in total. The van der Waals surface area contributed by atoms with Crippen LogP contribution in [0.4, 0.5) is 11.5 Å². The van der Waals surface area contributed by atoms with E-state index >= 15 is 0 Å². The monoisotopic (exact) mass is 220 g/mol. The van der Waals surface area contributed by atoms with Gasteiger partial charge < -0.3 is 16.0 Å². The second-order valence-corrected chi connectivity index (χ2v) is 4.05. The highest BCUT2D eigenvalue weighted by Crippen LogP contribution is 2.21. The number of anilines is 2. The maximum Gasteiger partial charge on any atom is 0.239 e. The molecule has 0 bridgehead atoms. The lowest BCUT2D eigenvalue weighted by Crippen LogP contribution is -2.33. The summed E-state index contributed by atoms with van der Waals surface area (Å²) in [5.74, 6) is 0.738. The Hall–Kier alpha value is -1.78. The van der Waals surface area contributed by atoms with Crippen molar-refractivity contribution in [1.82, 2.24) is 10.3 Å². The van der Waals surface area contributed by atoms with Crippen molar-refractivity contribution in [3.8, 4) is 0 Å². The minimum Gasteiger partial charge on any atom is -0.396 e. The van der Waals surface area contributed by atoms with Crippen molar-refractivity contribution in [2.24, 2.45) is 0 Å². The first-order valence-electron chi connectivity index (χ1n) is 5.40. The van der Waals surface area contributed by atoms with Gasteiger partial charge >= 0.3 is 0 Å². The molecule has 16 heavy (non-hydrogen) atoms. The second kappa shape index (κ2) is 4.38. The van der Waals surface area contributed by atoms with E-state index in [-0.39, 0.29) is 5.91 Å². The summed E-state index contributed by atoms with van der Waals surface area (Å²) < 4.78 is 0. The van der Waals surface area contributed by atoms with Crippen LogP contribution >= 0.6 is 0 Å². The fourth-order valence-corrected chi connectivity index (χ4v) is 1.84. The van der Waals surface area contributed by atoms with Crippen LogP contribution < -0.4 is 16.0 Å². The highest BCUT2D eigenvalue weighted by Gasteiger charge is 2.17. The molecule has 0 aliphatic carbocycles. The predicted octanol–water partition coefficient (Wildman–Crippen LogP) is 0.299. The number of carbonyl (C=O) groups excluding carboxylic acids is 1. The summed E-state index contributed by atoms with van der Waals surface area (Å²) in [6, 6.07) is 1.88. The fourth-order valence-electron chi connectivity index (χ4n) is 1.84. The molecule has 1 amide bonds. The van der Waals surface area contributed by atoms with Gasteiger partial charge in [-0.1, -0.05) is 0 Å². The molecule has 0 aromatic carbocycles. The Morgan fingerprint density at radius 1 is 1.56 bits per heavy atom. The molecule has 5 nitrogen and oxygen atoms in total. The maximum atomic E-state index is 11.4. The van der Waals surface area contributed by atoms with Crippen LogP contribution in [-0.2, 0) is 4.79 Å². The van der Waals surface area contributed by atoms with Crippen LogP contribution in [0.1, 0.15) is 12.0 Å². The van der Waals surface area contributed by atoms with Gasteiger partial charge in [-0.25, -0.2) is 4.98 Å². The topological polar surface area (TPSA) is 71.2 Å². The summed E-state index contributed by atoms with van der Waals surface area (Å²) in [6.07, 6.45) is 2.69. The number of carbonyl (C=O) groups is 1. The third-order valence-corrected chi connectivity index (χ3v) is 2.59. The van der Waals surface area contributed by atoms with E-state index in [1.807, 2.05) is 17.9 Å². The van der Waals surface area contributed by atoms with Crippen molar-refractivity contribution in [2.45, 2.75) is 13.3 Å². The largest absolute Gasteiger partial charge is 0.396 e. The lowest BCUT2D eigenvalue weighted by atomic mass is 10.2. The van der Waals surface area contributed by atoms with Crippen LogP contribution in [0.15, 0.2) is 12.3 Å². The minimum absolute atomic E-state index is 0.0271. The highest BCUT2D eigenvalue weighted by atomic mass is 16.2. The molecule has 5 heteroatoms. The first-order valence-corrected chi connectivity index (χ1v) is 5.40. The van der Waals surface area contributed by atoms with Crippen LogP contribution in [0.5, 0.6) is 0 Å². The van der Waals surface area contributed by atoms with Crippen LogP contribution in [-0.4, -0.2) is 30.5 Å². The summed E-state index contributed by atoms with van der Waals surface area (Å²) in [5, 5.41) is 2.83. The Kier molecular flexibility index (Phi) is 2.94. The molecule has 1 aliphatic heterocycles. The van der Waals surface area contributed by atoms with Crippen molar-refractivity contribution >= 4 is 17.4 Å². The third kappa shape index (κ3) is 2.24. The molecule has 1 aromatic heterocycles. The molecule has 2 rings (SSSR count). The van der Waals surface area contributed by atoms with Gasteiger partial charge in [0.15, 0.2) is 5.82 Å². The number of aromatic nitrogens is 1. The molecular weight excluding hydrogens is 204 g/mol. The van der Waals surface area contributed by atoms with Gasteiger partial charge in [0, 0.05) is 19.3 Å². The average Bonchev–Trinajstić information content (AvgIpc) is 2.43. The number of nitrogens with zero attached hydrogens (tertiary/aromatic N) is 2. The highest BCUT2D eigenvalue weighted by molar-refractivity contribution is 5.82. The van der Waals surface area contributed by atoms with Gasteiger partial charge in [-0.3, -0.25) is 4.79 Å². The van der Waals surface area contributed by atoms with Crippen LogP contribution in [0.3, 0.4) is 0 Å². The minimum atomic E-state index is 0.0271. The third-order valence-electron chi connectivity index (χ3n) is 2.59. The number of nitrogens with one attached hydrogen (secondary N) is 1. The Balaban J connectivity index is 2.24. The number of hydrogen-bond donors (Lipinski definition) is 2. The van der Waals surface area contributed by atoms with Crippen LogP contribution in [0.2, 0.25) is 0 Å². The van der Waals surface area contributed by atoms with E-state index < -0.39 is 0 Å². The summed E-state index contributed by atoms with van der Waals surface area (Å²) in [5.41, 5.74) is 7.58. The fraction of sp³-hybridized carbons (Fsp3) is 0.455. The van der Waals surface area contributed by atoms with E-state index in [9.17, 15) is 4.79 Å². The molecule has 1 aromatic rings. The zero-order chi connectivity index (χ0) is 11.5. The molecule has 0 spiro atoms. The van der Waals surface area contributed by atoms with E-state index in [1.54, 1.807) is 6.20 Å². The number of aryl methyl sites for hydroxylation is 1. The van der Waals surface area contributed by atoms with Gasteiger partial charge in [-0.05, 0) is 25.0 Å². The molecule has 0 unspecified atom stereocenters. The van der Waals surface area contributed by atoms with Gasteiger partial charge in [-0.2, -0.15) is 0 Å². The zero-order valence-corrected chi connectivity index (χ0v) is 9.36. The summed E-state index contributed by atoms with van der Waals surface area (Å²) in [6.45, 7) is 3.81. The van der Waals surface area contributed by atoms with E-state index in [0.717, 1.165) is 25.1 Å². The van der Waals surface area contributed by atoms with E-state index in [0.29, 0.717) is 18.1 Å². The number of amides is 1. The molecular formula is C11H16N4O. The van der Waals surface area contributed by atoms with E-state index in [2.05, 4.69) is 10.3 Å². The number of rotatable bonds is 1. The number of pyridine rings is 1. The normalized spacial score (nSPS) is 16.8. The Labute approximate surface area is 94.6 Å².